The predicted octanol–water partition coefficient (Wildman–Crippen LogP) is 2.63. The van der Waals surface area contributed by atoms with E-state index in [2.05, 4.69) is 5.16 Å². The first-order valence-electron chi connectivity index (χ1n) is 10.5. The Hall–Kier alpha value is -4.11. The average molecular weight is 466 g/mol. The number of benzene rings is 2. The minimum atomic E-state index is -1.89. The zero-order valence-corrected chi connectivity index (χ0v) is 19.2. The fourth-order valence-electron chi connectivity index (χ4n) is 3.31. The van der Waals surface area contributed by atoms with E-state index in [9.17, 15) is 14.7 Å². The number of carbonyl (C=O) groups is 2. The molecule has 1 unspecified atom stereocenters. The summed E-state index contributed by atoms with van der Waals surface area (Å²) in [5, 5.41) is 24.7. The molecule has 0 aliphatic carbocycles. The van der Waals surface area contributed by atoms with Gasteiger partial charge in [0, 0.05) is 26.8 Å². The third kappa shape index (κ3) is 5.62. The molecule has 1 aliphatic rings. The molecule has 0 saturated heterocycles. The van der Waals surface area contributed by atoms with E-state index < -0.39 is 11.7 Å². The van der Waals surface area contributed by atoms with Crippen molar-refractivity contribution in [1.82, 2.24) is 9.80 Å². The van der Waals surface area contributed by atoms with Crippen molar-refractivity contribution < 1.29 is 29.4 Å². The summed E-state index contributed by atoms with van der Waals surface area (Å²) in [4.78, 5) is 32.2. The summed E-state index contributed by atoms with van der Waals surface area (Å²) in [5.74, 6) is -0.692. The van der Waals surface area contributed by atoms with Gasteiger partial charge < -0.3 is 29.6 Å². The van der Waals surface area contributed by atoms with E-state index in [0.717, 1.165) is 16.9 Å². The fraction of sp³-hybridized carbons (Fsp3) is 0.240. The van der Waals surface area contributed by atoms with E-state index in [4.69, 9.17) is 14.7 Å². The van der Waals surface area contributed by atoms with Crippen molar-refractivity contribution >= 4 is 18.1 Å². The van der Waals surface area contributed by atoms with Gasteiger partial charge >= 0.3 is 5.97 Å². The highest BCUT2D eigenvalue weighted by molar-refractivity contribution is 6.00. The molecule has 2 aromatic rings. The number of methoxy groups -OCH3 is 1. The molecular formula is C25H27N3O6. The lowest BCUT2D eigenvalue weighted by molar-refractivity contribution is -0.128. The van der Waals surface area contributed by atoms with Crippen LogP contribution in [0.15, 0.2) is 77.6 Å². The Morgan fingerprint density at radius 3 is 2.32 bits per heavy atom. The van der Waals surface area contributed by atoms with Crippen molar-refractivity contribution in [3.05, 3.63) is 89.1 Å². The zero-order valence-electron chi connectivity index (χ0n) is 19.2. The number of amides is 1. The second-order valence-electron chi connectivity index (χ2n) is 7.83. The maximum Gasteiger partial charge on any atom is 0.335 e. The number of oxime groups is 1. The Labute approximate surface area is 197 Å². The molecule has 1 aliphatic heterocycles. The lowest BCUT2D eigenvalue weighted by atomic mass is 9.97. The molecule has 9 nitrogen and oxygen atoms in total. The number of aromatic carboxylic acids is 1. The Kier molecular flexibility index (Phi) is 7.70. The third-order valence-electron chi connectivity index (χ3n) is 5.25. The summed E-state index contributed by atoms with van der Waals surface area (Å²) < 4.78 is 5.13. The SMILES string of the molecule is COc1ccc(CON=CC2(O)C(C(=O)N(C)C)=CC=CN2Cc2ccc(C(=O)O)cc2)cc1. The van der Waals surface area contributed by atoms with Crippen LogP contribution in [0.25, 0.3) is 0 Å². The Morgan fingerprint density at radius 2 is 1.74 bits per heavy atom. The van der Waals surface area contributed by atoms with Crippen LogP contribution in [0.1, 0.15) is 21.5 Å². The summed E-state index contributed by atoms with van der Waals surface area (Å²) in [6.45, 7) is 0.346. The van der Waals surface area contributed by atoms with E-state index >= 15 is 0 Å². The number of allylic oxidation sites excluding steroid dienone is 2. The Bertz CT molecular complexity index is 1110. The van der Waals surface area contributed by atoms with Gasteiger partial charge in [0.15, 0.2) is 0 Å². The largest absolute Gasteiger partial charge is 0.497 e. The molecule has 178 valence electrons. The van der Waals surface area contributed by atoms with E-state index in [0.29, 0.717) is 0 Å². The maximum absolute atomic E-state index is 12.8. The first-order valence-corrected chi connectivity index (χ1v) is 10.5. The number of carboxylic acid groups (broad SMARTS) is 1. The highest BCUT2D eigenvalue weighted by Gasteiger charge is 2.41. The number of nitrogens with zero attached hydrogens (tertiary/aromatic N) is 3. The number of likely N-dealkylation sites (N-methyl/N-ethyl adjacent to an activating group) is 1. The van der Waals surface area contributed by atoms with Crippen molar-refractivity contribution in [3.8, 4) is 5.75 Å². The predicted molar refractivity (Wildman–Crippen MR) is 126 cm³/mol. The molecule has 2 N–H and O–H groups in total. The first kappa shape index (κ1) is 24.5. The topological polar surface area (TPSA) is 112 Å². The van der Waals surface area contributed by atoms with Gasteiger partial charge in [-0.25, -0.2) is 4.79 Å². The highest BCUT2D eigenvalue weighted by atomic mass is 16.6. The van der Waals surface area contributed by atoms with Gasteiger partial charge in [0.05, 0.1) is 18.2 Å². The average Bonchev–Trinajstić information content (AvgIpc) is 2.83. The minimum absolute atomic E-state index is 0.0963. The standard InChI is InChI=1S/C25H27N3O6/c1-27(2)23(29)22-5-4-14-28(15-18-6-10-20(11-7-18)24(30)31)25(22,32)17-26-34-16-19-8-12-21(33-3)13-9-19/h4-14,17,32H,15-16H2,1-3H3,(H,30,31). The smallest absolute Gasteiger partial charge is 0.335 e. The number of carbonyl (C=O) groups excluding carboxylic acids is 1. The van der Waals surface area contributed by atoms with E-state index in [1.165, 1.54) is 34.2 Å². The van der Waals surface area contributed by atoms with Crippen LogP contribution >= 0.6 is 0 Å². The number of rotatable bonds is 9. The van der Waals surface area contributed by atoms with Crippen molar-refractivity contribution in [2.45, 2.75) is 18.9 Å². The first-order chi connectivity index (χ1) is 16.2. The Balaban J connectivity index is 1.81. The van der Waals surface area contributed by atoms with Crippen molar-refractivity contribution in [2.24, 2.45) is 5.16 Å². The summed E-state index contributed by atoms with van der Waals surface area (Å²) in [6, 6.07) is 13.5. The van der Waals surface area contributed by atoms with Crippen LogP contribution in [-0.4, -0.2) is 65.0 Å². The van der Waals surface area contributed by atoms with Crippen LogP contribution in [0, 0.1) is 0 Å². The van der Waals surface area contributed by atoms with Gasteiger partial charge in [-0.15, -0.1) is 0 Å². The summed E-state index contributed by atoms with van der Waals surface area (Å²) >= 11 is 0. The van der Waals surface area contributed by atoms with Crippen LogP contribution in [0.3, 0.4) is 0 Å². The van der Waals surface area contributed by atoms with Crippen LogP contribution in [-0.2, 0) is 22.8 Å². The normalized spacial score (nSPS) is 17.4. The molecular weight excluding hydrogens is 438 g/mol. The molecule has 1 amide bonds. The van der Waals surface area contributed by atoms with Gasteiger partial charge in [0.25, 0.3) is 5.91 Å². The van der Waals surface area contributed by atoms with Crippen molar-refractivity contribution in [1.29, 1.82) is 0 Å². The summed E-state index contributed by atoms with van der Waals surface area (Å²) in [5.41, 5.74) is -0.0474. The summed E-state index contributed by atoms with van der Waals surface area (Å²) in [7, 11) is 4.77. The van der Waals surface area contributed by atoms with E-state index in [1.807, 2.05) is 12.1 Å². The van der Waals surface area contributed by atoms with Crippen LogP contribution in [0.5, 0.6) is 5.75 Å². The van der Waals surface area contributed by atoms with Crippen LogP contribution < -0.4 is 4.74 Å². The van der Waals surface area contributed by atoms with Gasteiger partial charge in [0.1, 0.15) is 18.6 Å². The number of aliphatic hydroxyl groups is 1. The number of hydrogen-bond donors (Lipinski definition) is 2. The zero-order chi connectivity index (χ0) is 24.7. The second kappa shape index (κ2) is 10.7. The molecule has 2 aromatic carbocycles. The molecule has 0 saturated carbocycles. The molecule has 0 spiro atoms. The van der Waals surface area contributed by atoms with Crippen LogP contribution in [0.4, 0.5) is 0 Å². The number of ether oxygens (including phenoxy) is 1. The Morgan fingerprint density at radius 1 is 1.09 bits per heavy atom. The summed E-state index contributed by atoms with van der Waals surface area (Å²) in [6.07, 6.45) is 6.00. The lowest BCUT2D eigenvalue weighted by Gasteiger charge is -2.39. The second-order valence-corrected chi connectivity index (χ2v) is 7.83. The molecule has 1 atom stereocenters. The minimum Gasteiger partial charge on any atom is -0.497 e. The third-order valence-corrected chi connectivity index (χ3v) is 5.25. The quantitative estimate of drug-likeness (QED) is 0.433. The van der Waals surface area contributed by atoms with Gasteiger partial charge in [-0.05, 0) is 47.5 Å². The van der Waals surface area contributed by atoms with Gasteiger partial charge in [0.2, 0.25) is 5.72 Å². The van der Waals surface area contributed by atoms with Gasteiger partial charge in [-0.2, -0.15) is 0 Å². The molecule has 0 bridgehead atoms. The van der Waals surface area contributed by atoms with E-state index in [-0.39, 0.29) is 30.2 Å². The lowest BCUT2D eigenvalue weighted by Crippen LogP contribution is -2.53. The van der Waals surface area contributed by atoms with E-state index in [1.54, 1.807) is 57.7 Å². The molecule has 0 aromatic heterocycles. The maximum atomic E-state index is 12.8. The monoisotopic (exact) mass is 465 g/mol. The number of hydrogen-bond acceptors (Lipinski definition) is 7. The van der Waals surface area contributed by atoms with Crippen molar-refractivity contribution in [2.75, 3.05) is 21.2 Å². The van der Waals surface area contributed by atoms with Gasteiger partial charge in [-0.3, -0.25) is 4.79 Å². The molecule has 3 rings (SSSR count). The van der Waals surface area contributed by atoms with Gasteiger partial charge in [-0.1, -0.05) is 29.4 Å². The van der Waals surface area contributed by atoms with Crippen molar-refractivity contribution in [3.63, 3.8) is 0 Å². The molecule has 34 heavy (non-hydrogen) atoms. The number of carboxylic acids is 1. The molecule has 9 heteroatoms. The van der Waals surface area contributed by atoms with Crippen LogP contribution in [0.2, 0.25) is 0 Å². The molecule has 0 fully saturated rings. The molecule has 0 radical (unpaired) electrons. The molecule has 1 heterocycles. The fourth-order valence-corrected chi connectivity index (χ4v) is 3.31. The highest BCUT2D eigenvalue weighted by Crippen LogP contribution is 2.28.